The summed E-state index contributed by atoms with van der Waals surface area (Å²) >= 11 is 0. The fourth-order valence-corrected chi connectivity index (χ4v) is 4.11. The summed E-state index contributed by atoms with van der Waals surface area (Å²) in [5.41, 5.74) is 4.69. The molecule has 33 heavy (non-hydrogen) atoms. The van der Waals surface area contributed by atoms with Crippen molar-refractivity contribution in [1.29, 1.82) is 0 Å². The van der Waals surface area contributed by atoms with Crippen molar-refractivity contribution in [3.63, 3.8) is 0 Å². The molecule has 3 rings (SSSR count). The van der Waals surface area contributed by atoms with Gasteiger partial charge in [0.15, 0.2) is 11.6 Å². The van der Waals surface area contributed by atoms with Crippen LogP contribution in [0.25, 0.3) is 11.1 Å². The maximum Gasteiger partial charge on any atom is 0.248 e. The third kappa shape index (κ3) is 5.23. The van der Waals surface area contributed by atoms with Crippen molar-refractivity contribution in [2.24, 2.45) is 10.8 Å². The predicted octanol–water partition coefficient (Wildman–Crippen LogP) is 4.93. The van der Waals surface area contributed by atoms with Crippen molar-refractivity contribution < 1.29 is 14.0 Å². The topological polar surface area (TPSA) is 73.1 Å². The lowest BCUT2D eigenvalue weighted by Crippen LogP contribution is -2.28. The Labute approximate surface area is 196 Å². The van der Waals surface area contributed by atoms with Gasteiger partial charge < -0.3 is 4.42 Å². The molecule has 0 aromatic carbocycles. The summed E-state index contributed by atoms with van der Waals surface area (Å²) in [6.07, 6.45) is 10.7. The molecule has 0 radical (unpaired) electrons. The Balaban J connectivity index is 2.25. The van der Waals surface area contributed by atoms with Gasteiger partial charge in [-0.2, -0.15) is 0 Å². The molecule has 176 valence electrons. The van der Waals surface area contributed by atoms with E-state index in [0.29, 0.717) is 11.1 Å². The highest BCUT2D eigenvalue weighted by atomic mass is 16.4. The van der Waals surface area contributed by atoms with Crippen LogP contribution in [0, 0.1) is 10.8 Å². The maximum absolute atomic E-state index is 13.2. The van der Waals surface area contributed by atoms with E-state index in [9.17, 15) is 9.59 Å². The first kappa shape index (κ1) is 24.8. The molecule has 5 nitrogen and oxygen atoms in total. The van der Waals surface area contributed by atoms with E-state index >= 15 is 0 Å². The lowest BCUT2D eigenvalue weighted by atomic mass is 9.72. The number of carbonyl (C=O) groups is 2. The molecule has 0 amide bonds. The van der Waals surface area contributed by atoms with Crippen molar-refractivity contribution in [3.05, 3.63) is 57.7 Å². The zero-order chi connectivity index (χ0) is 24.6. The molecule has 0 spiro atoms. The van der Waals surface area contributed by atoms with Crippen LogP contribution in [0.2, 0.25) is 0 Å². The van der Waals surface area contributed by atoms with E-state index in [1.807, 2.05) is 65.8 Å². The highest BCUT2D eigenvalue weighted by Gasteiger charge is 2.34. The van der Waals surface area contributed by atoms with Crippen LogP contribution < -0.4 is 11.1 Å². The number of nitrogens with zero attached hydrogens (tertiary/aromatic N) is 2. The predicted molar refractivity (Wildman–Crippen MR) is 131 cm³/mol. The number of Topliss-reactive ketones (excluding diaryl/α,β-unsaturated/α-hetero) is 2. The summed E-state index contributed by atoms with van der Waals surface area (Å²) in [4.78, 5) is 26.0. The lowest BCUT2D eigenvalue weighted by molar-refractivity contribution is -0.114. The first-order chi connectivity index (χ1) is 15.4. The normalized spacial score (nSPS) is 17.7. The van der Waals surface area contributed by atoms with Crippen LogP contribution in [-0.4, -0.2) is 21.8 Å². The number of rotatable bonds is 4. The number of allylic oxidation sites excluding steroid dienone is 8. The molecule has 0 N–H and O–H groups in total. The Kier molecular flexibility index (Phi) is 6.92. The van der Waals surface area contributed by atoms with E-state index in [4.69, 9.17) is 4.42 Å². The summed E-state index contributed by atoms with van der Waals surface area (Å²) in [6.45, 7) is 16.3. The van der Waals surface area contributed by atoms with E-state index in [1.165, 1.54) is 0 Å². The zero-order valence-corrected chi connectivity index (χ0v) is 21.3. The SMILES string of the molecule is CCCC1=CC(=c2nnc(=C3C=C(C(C)(C)C)C(=O)C(C(C)(C)C)=C3)o2)C=C(CCC)C1=O. The average Bonchev–Trinajstić information content (AvgIpc) is 3.20. The fourth-order valence-electron chi connectivity index (χ4n) is 4.11. The van der Waals surface area contributed by atoms with Crippen LogP contribution in [0.3, 0.4) is 0 Å². The zero-order valence-electron chi connectivity index (χ0n) is 21.3. The summed E-state index contributed by atoms with van der Waals surface area (Å²) in [7, 11) is 0. The maximum atomic E-state index is 13.2. The molecule has 0 bridgehead atoms. The molecule has 1 aromatic heterocycles. The van der Waals surface area contributed by atoms with Crippen molar-refractivity contribution >= 4 is 22.7 Å². The second-order valence-electron chi connectivity index (χ2n) is 10.9. The van der Waals surface area contributed by atoms with Gasteiger partial charge in [0, 0.05) is 33.4 Å². The lowest BCUT2D eigenvalue weighted by Gasteiger charge is -2.31. The van der Waals surface area contributed by atoms with Crippen LogP contribution in [0.1, 0.15) is 81.1 Å². The largest absolute Gasteiger partial charge is 0.416 e. The minimum atomic E-state index is -0.315. The molecule has 0 saturated heterocycles. The highest BCUT2D eigenvalue weighted by molar-refractivity contribution is 6.14. The molecule has 1 heterocycles. The third-order valence-corrected chi connectivity index (χ3v) is 5.91. The van der Waals surface area contributed by atoms with Gasteiger partial charge in [-0.25, -0.2) is 0 Å². The van der Waals surface area contributed by atoms with Gasteiger partial charge in [0.2, 0.25) is 11.1 Å². The van der Waals surface area contributed by atoms with Crippen LogP contribution >= 0.6 is 0 Å². The van der Waals surface area contributed by atoms with Crippen LogP contribution in [0.5, 0.6) is 0 Å². The smallest absolute Gasteiger partial charge is 0.248 e. The molecule has 2 aliphatic carbocycles. The number of hydrogen-bond donors (Lipinski definition) is 0. The second-order valence-corrected chi connectivity index (χ2v) is 10.9. The Morgan fingerprint density at radius 1 is 0.667 bits per heavy atom. The minimum Gasteiger partial charge on any atom is -0.416 e. The van der Waals surface area contributed by atoms with E-state index in [1.54, 1.807) is 0 Å². The molecule has 2 aliphatic rings. The summed E-state index contributed by atoms with van der Waals surface area (Å²) < 4.78 is 6.11. The van der Waals surface area contributed by atoms with E-state index in [-0.39, 0.29) is 22.4 Å². The summed E-state index contributed by atoms with van der Waals surface area (Å²) in [5, 5.41) is 8.62. The molecule has 0 unspecified atom stereocenters. The fraction of sp³-hybridized carbons (Fsp3) is 0.500. The average molecular weight is 449 g/mol. The van der Waals surface area contributed by atoms with Gasteiger partial charge in [-0.05, 0) is 48.0 Å². The van der Waals surface area contributed by atoms with Crippen molar-refractivity contribution in [1.82, 2.24) is 10.2 Å². The third-order valence-electron chi connectivity index (χ3n) is 5.91. The van der Waals surface area contributed by atoms with Gasteiger partial charge in [0.05, 0.1) is 0 Å². The van der Waals surface area contributed by atoms with Crippen molar-refractivity contribution in [3.8, 4) is 0 Å². The summed E-state index contributed by atoms with van der Waals surface area (Å²) in [6, 6.07) is 0. The van der Waals surface area contributed by atoms with Gasteiger partial charge in [-0.15, -0.1) is 10.2 Å². The Morgan fingerprint density at radius 2 is 1.06 bits per heavy atom. The molecule has 0 saturated carbocycles. The molecule has 5 heteroatoms. The van der Waals surface area contributed by atoms with Gasteiger partial charge in [0.25, 0.3) is 0 Å². The van der Waals surface area contributed by atoms with Gasteiger partial charge >= 0.3 is 0 Å². The minimum absolute atomic E-state index is 0.0675. The van der Waals surface area contributed by atoms with Crippen LogP contribution in [0.4, 0.5) is 0 Å². The monoisotopic (exact) mass is 448 g/mol. The molecule has 1 aromatic rings. The Morgan fingerprint density at radius 3 is 1.42 bits per heavy atom. The highest BCUT2D eigenvalue weighted by Crippen LogP contribution is 2.38. The van der Waals surface area contributed by atoms with Crippen LogP contribution in [-0.2, 0) is 9.59 Å². The number of aromatic nitrogens is 2. The van der Waals surface area contributed by atoms with E-state index in [2.05, 4.69) is 24.0 Å². The Hall–Kier alpha value is -2.82. The van der Waals surface area contributed by atoms with Gasteiger partial charge in [0.1, 0.15) is 0 Å². The van der Waals surface area contributed by atoms with Crippen molar-refractivity contribution in [2.45, 2.75) is 81.1 Å². The number of ketones is 2. The first-order valence-corrected chi connectivity index (χ1v) is 11.9. The van der Waals surface area contributed by atoms with Gasteiger partial charge in [-0.1, -0.05) is 68.2 Å². The molecular formula is C28H36N2O3. The molecule has 0 atom stereocenters. The van der Waals surface area contributed by atoms with Crippen LogP contribution in [0.15, 0.2) is 51.0 Å². The molecule has 0 aliphatic heterocycles. The first-order valence-electron chi connectivity index (χ1n) is 11.9. The van der Waals surface area contributed by atoms with E-state index in [0.717, 1.165) is 59.1 Å². The van der Waals surface area contributed by atoms with Gasteiger partial charge in [-0.3, -0.25) is 9.59 Å². The Bertz CT molecular complexity index is 1150. The summed E-state index contributed by atoms with van der Waals surface area (Å²) in [5.74, 6) is 0.191. The van der Waals surface area contributed by atoms with Crippen molar-refractivity contribution in [2.75, 3.05) is 0 Å². The second kappa shape index (κ2) is 9.20. The quantitative estimate of drug-likeness (QED) is 0.653. The number of carbonyl (C=O) groups excluding carboxylic acids is 2. The number of hydrogen-bond acceptors (Lipinski definition) is 5. The van der Waals surface area contributed by atoms with E-state index < -0.39 is 0 Å². The molecule has 0 fully saturated rings. The molecular weight excluding hydrogens is 412 g/mol. The standard InChI is InChI=1S/C28H36N2O3/c1-9-11-17-13-19(14-18(12-10-2)23(17)31)25-29-30-26(33-25)20-15-21(27(3,4)5)24(32)22(16-20)28(6,7)8/h13-16H,9-12H2,1-8H3.